The van der Waals surface area contributed by atoms with E-state index in [0.717, 1.165) is 18.4 Å². The quantitative estimate of drug-likeness (QED) is 0.564. The number of aromatic nitrogens is 3. The Morgan fingerprint density at radius 3 is 2.67 bits per heavy atom. The molecule has 2 rings (SSSR count). The summed E-state index contributed by atoms with van der Waals surface area (Å²) < 4.78 is 1.95. The molecule has 0 radical (unpaired) electrons. The molecule has 1 aliphatic rings. The molecule has 144 valence electrons. The number of aliphatic carboxylic acids is 1. The maximum atomic E-state index is 10.6. The van der Waals surface area contributed by atoms with Crippen LogP contribution in [0, 0.1) is 5.41 Å². The lowest BCUT2D eigenvalue weighted by Gasteiger charge is -2.37. The van der Waals surface area contributed by atoms with Crippen LogP contribution in [0.3, 0.4) is 0 Å². The zero-order valence-electron chi connectivity index (χ0n) is 16.8. The van der Waals surface area contributed by atoms with Gasteiger partial charge in [0.05, 0.1) is 6.04 Å². The molecule has 1 unspecified atom stereocenters. The van der Waals surface area contributed by atoms with Crippen molar-refractivity contribution in [3.05, 3.63) is 71.4 Å². The molecule has 5 nitrogen and oxygen atoms in total. The highest BCUT2D eigenvalue weighted by Gasteiger charge is 2.32. The van der Waals surface area contributed by atoms with Crippen LogP contribution in [-0.2, 0) is 4.79 Å². The van der Waals surface area contributed by atoms with Crippen molar-refractivity contribution < 1.29 is 9.90 Å². The van der Waals surface area contributed by atoms with Crippen LogP contribution in [0.25, 0.3) is 0 Å². The Hall–Kier alpha value is -2.69. The highest BCUT2D eigenvalue weighted by molar-refractivity contribution is 5.81. The summed E-state index contributed by atoms with van der Waals surface area (Å²) in [6.07, 6.45) is 16.7. The van der Waals surface area contributed by atoms with Crippen molar-refractivity contribution in [1.82, 2.24) is 14.8 Å². The lowest BCUT2D eigenvalue weighted by Crippen LogP contribution is -2.26. The summed E-state index contributed by atoms with van der Waals surface area (Å²) in [5.41, 5.74) is 4.60. The van der Waals surface area contributed by atoms with Gasteiger partial charge in [0.1, 0.15) is 12.7 Å². The monoisotopic (exact) mass is 367 g/mol. The fraction of sp³-hybridized carbons (Fsp3) is 0.409. The van der Waals surface area contributed by atoms with Gasteiger partial charge in [0, 0.05) is 6.08 Å². The molecule has 27 heavy (non-hydrogen) atoms. The summed E-state index contributed by atoms with van der Waals surface area (Å²) >= 11 is 0. The fourth-order valence-electron chi connectivity index (χ4n) is 3.49. The first kappa shape index (κ1) is 20.6. The summed E-state index contributed by atoms with van der Waals surface area (Å²) in [6.45, 7) is 10.6. The molecule has 0 saturated heterocycles. The molecule has 0 fully saturated rings. The van der Waals surface area contributed by atoms with Crippen LogP contribution in [0.4, 0.5) is 0 Å². The van der Waals surface area contributed by atoms with Crippen molar-refractivity contribution >= 4 is 5.97 Å². The molecule has 0 aliphatic heterocycles. The lowest BCUT2D eigenvalue weighted by atomic mass is 9.71. The van der Waals surface area contributed by atoms with Gasteiger partial charge in [-0.2, -0.15) is 5.10 Å². The van der Waals surface area contributed by atoms with E-state index < -0.39 is 5.97 Å². The van der Waals surface area contributed by atoms with Gasteiger partial charge in [0.2, 0.25) is 0 Å². The van der Waals surface area contributed by atoms with Gasteiger partial charge in [0.25, 0.3) is 0 Å². The number of carboxylic acids is 1. The van der Waals surface area contributed by atoms with Crippen LogP contribution in [-0.4, -0.2) is 25.8 Å². The van der Waals surface area contributed by atoms with Crippen molar-refractivity contribution in [2.45, 2.75) is 53.5 Å². The van der Waals surface area contributed by atoms with E-state index in [1.165, 1.54) is 17.2 Å². The van der Waals surface area contributed by atoms with Crippen LogP contribution >= 0.6 is 0 Å². The number of carbonyl (C=O) groups is 1. The van der Waals surface area contributed by atoms with E-state index in [1.54, 1.807) is 25.7 Å². The van der Waals surface area contributed by atoms with Gasteiger partial charge in [-0.15, -0.1) is 0 Å². The van der Waals surface area contributed by atoms with E-state index in [1.807, 2.05) is 23.8 Å². The van der Waals surface area contributed by atoms with Crippen molar-refractivity contribution in [2.75, 3.05) is 0 Å². The summed E-state index contributed by atoms with van der Waals surface area (Å²) in [5, 5.41) is 13.1. The number of carboxylic acid groups (broad SMARTS) is 1. The molecule has 1 aliphatic carbocycles. The first-order chi connectivity index (χ1) is 12.7. The molecule has 1 atom stereocenters. The molecule has 1 aromatic rings. The molecule has 0 aromatic carbocycles. The van der Waals surface area contributed by atoms with E-state index in [0.29, 0.717) is 5.57 Å². The van der Waals surface area contributed by atoms with Gasteiger partial charge < -0.3 is 5.11 Å². The largest absolute Gasteiger partial charge is 0.478 e. The zero-order valence-corrected chi connectivity index (χ0v) is 16.8. The normalized spacial score (nSPS) is 21.4. The Bertz CT molecular complexity index is 822. The minimum absolute atomic E-state index is 0.120. The molecule has 0 spiro atoms. The second-order valence-corrected chi connectivity index (χ2v) is 7.74. The third-order valence-electron chi connectivity index (χ3n) is 5.03. The van der Waals surface area contributed by atoms with Crippen molar-refractivity contribution in [1.29, 1.82) is 0 Å². The zero-order chi connectivity index (χ0) is 20.0. The van der Waals surface area contributed by atoms with E-state index in [9.17, 15) is 4.79 Å². The number of nitrogens with zero attached hydrogens (tertiary/aromatic N) is 3. The molecule has 0 bridgehead atoms. The second-order valence-electron chi connectivity index (χ2n) is 7.74. The fourth-order valence-corrected chi connectivity index (χ4v) is 3.49. The minimum atomic E-state index is -0.929. The molecule has 5 heteroatoms. The van der Waals surface area contributed by atoms with Crippen LogP contribution in [0.5, 0.6) is 0 Å². The maximum absolute atomic E-state index is 10.6. The van der Waals surface area contributed by atoms with Crippen molar-refractivity contribution in [3.8, 4) is 0 Å². The number of hydrogen-bond donors (Lipinski definition) is 1. The molecule has 0 amide bonds. The van der Waals surface area contributed by atoms with Gasteiger partial charge in [-0.25, -0.2) is 14.5 Å². The first-order valence-electron chi connectivity index (χ1n) is 9.20. The first-order valence-corrected chi connectivity index (χ1v) is 9.20. The third kappa shape index (κ3) is 5.64. The Labute approximate surface area is 161 Å². The highest BCUT2D eigenvalue weighted by atomic mass is 16.4. The van der Waals surface area contributed by atoms with E-state index in [-0.39, 0.29) is 11.5 Å². The topological polar surface area (TPSA) is 68.0 Å². The van der Waals surface area contributed by atoms with Crippen LogP contribution in [0.15, 0.2) is 71.4 Å². The van der Waals surface area contributed by atoms with Gasteiger partial charge >= 0.3 is 5.97 Å². The lowest BCUT2D eigenvalue weighted by molar-refractivity contribution is -0.131. The van der Waals surface area contributed by atoms with Gasteiger partial charge in [-0.3, -0.25) is 0 Å². The number of allylic oxidation sites excluding steroid dienone is 9. The molecular formula is C22H29N3O2. The van der Waals surface area contributed by atoms with Gasteiger partial charge in [-0.05, 0) is 55.7 Å². The average Bonchev–Trinajstić information content (AvgIpc) is 3.07. The van der Waals surface area contributed by atoms with Gasteiger partial charge in [-0.1, -0.05) is 49.8 Å². The molecule has 0 saturated carbocycles. The Morgan fingerprint density at radius 1 is 1.30 bits per heavy atom. The highest BCUT2D eigenvalue weighted by Crippen LogP contribution is 2.45. The number of rotatable bonds is 6. The second kappa shape index (κ2) is 8.80. The summed E-state index contributed by atoms with van der Waals surface area (Å²) in [7, 11) is 0. The van der Waals surface area contributed by atoms with Crippen LogP contribution in [0.1, 0.15) is 53.5 Å². The molecule has 1 aromatic heterocycles. The predicted octanol–water partition coefficient (Wildman–Crippen LogP) is 5.05. The van der Waals surface area contributed by atoms with E-state index >= 15 is 0 Å². The van der Waals surface area contributed by atoms with Crippen molar-refractivity contribution in [2.24, 2.45) is 5.41 Å². The number of hydrogen-bond acceptors (Lipinski definition) is 3. The summed E-state index contributed by atoms with van der Waals surface area (Å²) in [5.74, 6) is -0.929. The third-order valence-corrected chi connectivity index (χ3v) is 5.03. The Balaban J connectivity index is 2.21. The summed E-state index contributed by atoms with van der Waals surface area (Å²) in [4.78, 5) is 14.7. The smallest absolute Gasteiger partial charge is 0.328 e. The Kier molecular flexibility index (Phi) is 6.72. The SMILES string of the molecule is CC1=C(/C=C/C(C)=C\C=C\C(C)=C/C(=O)O)C(C)(C)CCC1n1cncn1. The molecule has 1 heterocycles. The molecular weight excluding hydrogens is 338 g/mol. The van der Waals surface area contributed by atoms with Gasteiger partial charge in [0.15, 0.2) is 0 Å². The van der Waals surface area contributed by atoms with Crippen molar-refractivity contribution in [3.63, 3.8) is 0 Å². The van der Waals surface area contributed by atoms with E-state index in [2.05, 4.69) is 43.0 Å². The van der Waals surface area contributed by atoms with E-state index in [4.69, 9.17) is 5.11 Å². The van der Waals surface area contributed by atoms with Crippen LogP contribution in [0.2, 0.25) is 0 Å². The molecule has 1 N–H and O–H groups in total. The average molecular weight is 367 g/mol. The predicted molar refractivity (Wildman–Crippen MR) is 108 cm³/mol. The Morgan fingerprint density at radius 2 is 2.04 bits per heavy atom. The maximum Gasteiger partial charge on any atom is 0.328 e. The summed E-state index contributed by atoms with van der Waals surface area (Å²) in [6, 6.07) is 0.258. The minimum Gasteiger partial charge on any atom is -0.478 e. The van der Waals surface area contributed by atoms with Crippen LogP contribution < -0.4 is 0 Å². The standard InChI is InChI=1S/C22H29N3O2/c1-16(7-6-8-17(2)13-21(26)27)9-10-19-18(3)20(11-12-22(19,4)5)25-15-23-14-24-25/h6-10,13-15,20H,11-12H2,1-5H3,(H,26,27)/b8-6+,10-9+,16-7-,17-13-.